The van der Waals surface area contributed by atoms with Crippen LogP contribution in [0.25, 0.3) is 0 Å². The number of likely N-dealkylation sites (N-methyl/N-ethyl adjacent to an activating group) is 1. The zero-order chi connectivity index (χ0) is 26.2. The first-order valence-corrected chi connectivity index (χ1v) is 13.6. The van der Waals surface area contributed by atoms with Gasteiger partial charge in [-0.15, -0.1) is 0 Å². The molecule has 0 heterocycles. The van der Waals surface area contributed by atoms with Gasteiger partial charge >= 0.3 is 0 Å². The van der Waals surface area contributed by atoms with Crippen molar-refractivity contribution in [3.63, 3.8) is 0 Å². The molecule has 0 radical (unpaired) electrons. The number of sulfonamides is 1. The van der Waals surface area contributed by atoms with Gasteiger partial charge in [-0.25, -0.2) is 8.42 Å². The van der Waals surface area contributed by atoms with Gasteiger partial charge in [-0.3, -0.25) is 13.9 Å². The summed E-state index contributed by atoms with van der Waals surface area (Å²) in [7, 11) is -2.14. The van der Waals surface area contributed by atoms with Gasteiger partial charge in [0.1, 0.15) is 11.8 Å². The number of amides is 2. The number of benzene rings is 2. The van der Waals surface area contributed by atoms with Gasteiger partial charge in [0.25, 0.3) is 0 Å². The highest BCUT2D eigenvalue weighted by Gasteiger charge is 2.26. The van der Waals surface area contributed by atoms with E-state index in [9.17, 15) is 18.0 Å². The van der Waals surface area contributed by atoms with E-state index in [1.165, 1.54) is 22.4 Å². The van der Waals surface area contributed by atoms with Crippen LogP contribution < -0.4 is 14.4 Å². The fourth-order valence-electron chi connectivity index (χ4n) is 3.73. The molecule has 2 rings (SSSR count). The van der Waals surface area contributed by atoms with Crippen molar-refractivity contribution in [3.05, 3.63) is 58.6 Å². The summed E-state index contributed by atoms with van der Waals surface area (Å²) in [6.45, 7) is 6.31. The number of methoxy groups -OCH3 is 1. The van der Waals surface area contributed by atoms with Crippen molar-refractivity contribution in [2.24, 2.45) is 0 Å². The van der Waals surface area contributed by atoms with E-state index in [4.69, 9.17) is 16.3 Å². The second kappa shape index (κ2) is 12.8. The summed E-state index contributed by atoms with van der Waals surface area (Å²) in [4.78, 5) is 27.3. The molecule has 0 saturated carbocycles. The molecule has 0 bridgehead atoms. The minimum Gasteiger partial charge on any atom is -0.495 e. The third-order valence-corrected chi connectivity index (χ3v) is 7.02. The van der Waals surface area contributed by atoms with Crippen LogP contribution in [0.15, 0.2) is 42.5 Å². The number of anilines is 1. The van der Waals surface area contributed by atoms with Gasteiger partial charge in [0.2, 0.25) is 21.8 Å². The van der Waals surface area contributed by atoms with E-state index >= 15 is 0 Å². The molecule has 192 valence electrons. The summed E-state index contributed by atoms with van der Waals surface area (Å²) >= 11 is 6.18. The molecular formula is C25H34ClN3O5S. The average molecular weight is 524 g/mol. The molecule has 0 aliphatic carbocycles. The molecule has 35 heavy (non-hydrogen) atoms. The number of rotatable bonds is 12. The molecule has 2 amide bonds. The smallest absolute Gasteiger partial charge is 0.242 e. The Morgan fingerprint density at radius 3 is 2.46 bits per heavy atom. The lowest BCUT2D eigenvalue weighted by molar-refractivity contribution is -0.140. The van der Waals surface area contributed by atoms with Crippen LogP contribution >= 0.6 is 11.6 Å². The van der Waals surface area contributed by atoms with E-state index in [0.29, 0.717) is 18.0 Å². The van der Waals surface area contributed by atoms with Gasteiger partial charge in [-0.2, -0.15) is 0 Å². The quantitative estimate of drug-likeness (QED) is 0.457. The van der Waals surface area contributed by atoms with Crippen LogP contribution in [0.2, 0.25) is 5.02 Å². The first-order chi connectivity index (χ1) is 16.5. The molecule has 0 spiro atoms. The fourth-order valence-corrected chi connectivity index (χ4v) is 4.94. The summed E-state index contributed by atoms with van der Waals surface area (Å²) in [5.41, 5.74) is 2.36. The molecule has 1 unspecified atom stereocenters. The van der Waals surface area contributed by atoms with Crippen molar-refractivity contribution in [2.75, 3.05) is 30.8 Å². The predicted molar refractivity (Wildman–Crippen MR) is 139 cm³/mol. The third kappa shape index (κ3) is 8.14. The summed E-state index contributed by atoms with van der Waals surface area (Å²) in [6.07, 6.45) is 1.45. The van der Waals surface area contributed by atoms with Crippen LogP contribution in [-0.4, -0.2) is 57.6 Å². The first-order valence-electron chi connectivity index (χ1n) is 11.4. The van der Waals surface area contributed by atoms with E-state index in [2.05, 4.69) is 5.32 Å². The number of nitrogens with zero attached hydrogens (tertiary/aromatic N) is 2. The molecule has 2 aromatic carbocycles. The Bertz CT molecular complexity index is 1140. The Morgan fingerprint density at radius 2 is 1.89 bits per heavy atom. The van der Waals surface area contributed by atoms with Crippen LogP contribution in [0, 0.1) is 6.92 Å². The number of ether oxygens (including phenoxy) is 1. The topological polar surface area (TPSA) is 96.0 Å². The molecule has 1 atom stereocenters. The minimum absolute atomic E-state index is 0.0749. The number of hydrogen-bond donors (Lipinski definition) is 1. The third-order valence-electron chi connectivity index (χ3n) is 5.53. The Balaban J connectivity index is 2.18. The Morgan fingerprint density at radius 1 is 1.17 bits per heavy atom. The predicted octanol–water partition coefficient (Wildman–Crippen LogP) is 3.76. The van der Waals surface area contributed by atoms with Crippen molar-refractivity contribution < 1.29 is 22.7 Å². The standard InChI is InChI=1S/C25H34ClN3O5S/c1-6-27-25(31)19(3)28(17-20-10-7-9-18(2)15-20)24(30)11-8-14-29(35(5,32)33)21-12-13-23(34-4)22(26)16-21/h7,9-10,12-13,15-16,19H,6,8,11,14,17H2,1-5H3,(H,27,31). The Hall–Kier alpha value is -2.78. The largest absolute Gasteiger partial charge is 0.495 e. The molecule has 0 saturated heterocycles. The Labute approximate surface area is 213 Å². The van der Waals surface area contributed by atoms with Crippen molar-refractivity contribution in [3.8, 4) is 5.75 Å². The zero-order valence-corrected chi connectivity index (χ0v) is 22.4. The average Bonchev–Trinajstić information content (AvgIpc) is 2.79. The number of aryl methyl sites for hydroxylation is 1. The number of halogens is 1. The van der Waals surface area contributed by atoms with E-state index in [1.807, 2.05) is 38.1 Å². The fraction of sp³-hybridized carbons (Fsp3) is 0.440. The second-order valence-electron chi connectivity index (χ2n) is 8.34. The van der Waals surface area contributed by atoms with Crippen molar-refractivity contribution in [2.45, 2.75) is 46.2 Å². The van der Waals surface area contributed by atoms with E-state index < -0.39 is 16.1 Å². The van der Waals surface area contributed by atoms with E-state index in [1.54, 1.807) is 19.1 Å². The lowest BCUT2D eigenvalue weighted by Gasteiger charge is -2.29. The van der Waals surface area contributed by atoms with Crippen LogP contribution in [0.1, 0.15) is 37.8 Å². The van der Waals surface area contributed by atoms with Gasteiger partial charge in [-0.05, 0) is 51.0 Å². The van der Waals surface area contributed by atoms with Crippen LogP contribution in [0.3, 0.4) is 0 Å². The maximum absolute atomic E-state index is 13.2. The molecule has 8 nitrogen and oxygen atoms in total. The highest BCUT2D eigenvalue weighted by atomic mass is 35.5. The highest BCUT2D eigenvalue weighted by Crippen LogP contribution is 2.30. The van der Waals surface area contributed by atoms with Gasteiger partial charge in [-0.1, -0.05) is 41.4 Å². The molecule has 10 heteroatoms. The molecule has 0 aromatic heterocycles. The van der Waals surface area contributed by atoms with Gasteiger partial charge in [0.05, 0.1) is 24.1 Å². The lowest BCUT2D eigenvalue weighted by atomic mass is 10.1. The van der Waals surface area contributed by atoms with Crippen LogP contribution in [0.4, 0.5) is 5.69 Å². The van der Waals surface area contributed by atoms with Gasteiger partial charge < -0.3 is 15.0 Å². The van der Waals surface area contributed by atoms with Gasteiger partial charge in [0.15, 0.2) is 0 Å². The van der Waals surface area contributed by atoms with Crippen LogP contribution in [0.5, 0.6) is 5.75 Å². The maximum atomic E-state index is 13.2. The molecule has 0 aliphatic rings. The maximum Gasteiger partial charge on any atom is 0.242 e. The van der Waals surface area contributed by atoms with Crippen molar-refractivity contribution in [1.82, 2.24) is 10.2 Å². The molecular weight excluding hydrogens is 490 g/mol. The number of nitrogens with one attached hydrogen (secondary N) is 1. The Kier molecular flexibility index (Phi) is 10.4. The first kappa shape index (κ1) is 28.5. The highest BCUT2D eigenvalue weighted by molar-refractivity contribution is 7.92. The molecule has 1 N–H and O–H groups in total. The second-order valence-corrected chi connectivity index (χ2v) is 10.7. The monoisotopic (exact) mass is 523 g/mol. The molecule has 2 aromatic rings. The summed E-state index contributed by atoms with van der Waals surface area (Å²) in [5, 5.41) is 3.05. The SMILES string of the molecule is CCNC(=O)C(C)N(Cc1cccc(C)c1)C(=O)CCCN(c1ccc(OC)c(Cl)c1)S(C)(=O)=O. The van der Waals surface area contributed by atoms with E-state index in [-0.39, 0.29) is 42.8 Å². The number of carbonyl (C=O) groups is 2. The molecule has 0 aliphatic heterocycles. The van der Waals surface area contributed by atoms with Crippen molar-refractivity contribution >= 4 is 39.1 Å². The summed E-state index contributed by atoms with van der Waals surface area (Å²) in [6, 6.07) is 11.8. The van der Waals surface area contributed by atoms with Crippen molar-refractivity contribution in [1.29, 1.82) is 0 Å². The number of carbonyl (C=O) groups excluding carboxylic acids is 2. The lowest BCUT2D eigenvalue weighted by Crippen LogP contribution is -2.47. The van der Waals surface area contributed by atoms with Crippen LogP contribution in [-0.2, 0) is 26.2 Å². The summed E-state index contributed by atoms with van der Waals surface area (Å²) in [5.74, 6) is -0.0317. The zero-order valence-electron chi connectivity index (χ0n) is 20.9. The van der Waals surface area contributed by atoms with E-state index in [0.717, 1.165) is 17.4 Å². The van der Waals surface area contributed by atoms with Gasteiger partial charge in [0, 0.05) is 26.1 Å². The number of hydrogen-bond acceptors (Lipinski definition) is 5. The normalized spacial score (nSPS) is 12.1. The molecule has 0 fully saturated rings. The summed E-state index contributed by atoms with van der Waals surface area (Å²) < 4.78 is 31.3. The minimum atomic E-state index is -3.62.